The van der Waals surface area contributed by atoms with E-state index in [1.807, 2.05) is 16.7 Å². The van der Waals surface area contributed by atoms with Crippen molar-refractivity contribution in [2.75, 3.05) is 17.6 Å². The van der Waals surface area contributed by atoms with Crippen LogP contribution in [0.25, 0.3) is 11.0 Å². The van der Waals surface area contributed by atoms with Gasteiger partial charge in [-0.25, -0.2) is 4.98 Å². The molecule has 0 unspecified atom stereocenters. The summed E-state index contributed by atoms with van der Waals surface area (Å²) in [6.45, 7) is 6.09. The molecule has 0 bridgehead atoms. The van der Waals surface area contributed by atoms with Crippen LogP contribution in [-0.2, 0) is 0 Å². The highest BCUT2D eigenvalue weighted by Gasteiger charge is 2.24. The Morgan fingerprint density at radius 1 is 1.68 bits per heavy atom. The van der Waals surface area contributed by atoms with Gasteiger partial charge in [-0.15, -0.1) is 6.58 Å². The molecule has 98 valence electrons. The molecular formula is C14H16N4O. The largest absolute Gasteiger partial charge is 0.381 e. The minimum absolute atomic E-state index is 0.0290. The number of hydrogen-bond acceptors (Lipinski definition) is 4. The number of allylic oxidation sites excluding steroid dienone is 1. The van der Waals surface area contributed by atoms with Gasteiger partial charge in [0, 0.05) is 12.1 Å². The number of hydrogen-bond donors (Lipinski definition) is 2. The van der Waals surface area contributed by atoms with Crippen LogP contribution in [0.2, 0.25) is 0 Å². The van der Waals surface area contributed by atoms with Crippen molar-refractivity contribution in [3.05, 3.63) is 30.4 Å². The number of nitrogens with one attached hydrogen (secondary N) is 1. The Labute approximate surface area is 111 Å². The zero-order valence-corrected chi connectivity index (χ0v) is 10.8. The molecule has 0 fully saturated rings. The first-order valence-corrected chi connectivity index (χ1v) is 6.29. The van der Waals surface area contributed by atoms with Crippen LogP contribution in [0.4, 0.5) is 11.6 Å². The molecule has 1 atom stereocenters. The third kappa shape index (κ3) is 1.69. The maximum Gasteiger partial charge on any atom is 0.201 e. The molecule has 0 saturated heterocycles. The van der Waals surface area contributed by atoms with Gasteiger partial charge in [-0.05, 0) is 25.5 Å². The van der Waals surface area contributed by atoms with E-state index in [0.29, 0.717) is 11.5 Å². The van der Waals surface area contributed by atoms with Gasteiger partial charge >= 0.3 is 0 Å². The summed E-state index contributed by atoms with van der Waals surface area (Å²) in [5.74, 6) is 0.520. The highest BCUT2D eigenvalue weighted by atomic mass is 16.1. The first-order valence-electron chi connectivity index (χ1n) is 6.29. The molecule has 1 aromatic carbocycles. The van der Waals surface area contributed by atoms with Crippen molar-refractivity contribution in [1.82, 2.24) is 9.55 Å². The van der Waals surface area contributed by atoms with Crippen LogP contribution in [0.15, 0.2) is 24.8 Å². The first-order chi connectivity index (χ1) is 9.11. The fourth-order valence-corrected chi connectivity index (χ4v) is 2.66. The van der Waals surface area contributed by atoms with E-state index in [9.17, 15) is 4.79 Å². The lowest BCUT2D eigenvalue weighted by Gasteiger charge is -2.26. The Hall–Kier alpha value is -2.30. The first kappa shape index (κ1) is 11.8. The molecule has 19 heavy (non-hydrogen) atoms. The van der Waals surface area contributed by atoms with Crippen molar-refractivity contribution < 1.29 is 4.79 Å². The quantitative estimate of drug-likeness (QED) is 0.653. The summed E-state index contributed by atoms with van der Waals surface area (Å²) in [7, 11) is 0. The molecule has 0 saturated carbocycles. The SMILES string of the molecule is C=CC[C@H]1CNc2cc(C(C)=O)cc3nc(N)n1c23. The van der Waals surface area contributed by atoms with Gasteiger partial charge in [0.1, 0.15) is 0 Å². The van der Waals surface area contributed by atoms with Gasteiger partial charge in [-0.3, -0.25) is 4.79 Å². The maximum atomic E-state index is 11.5. The molecule has 1 aliphatic rings. The number of benzene rings is 1. The zero-order valence-electron chi connectivity index (χ0n) is 10.8. The molecule has 2 heterocycles. The highest BCUT2D eigenvalue weighted by Crippen LogP contribution is 2.35. The molecule has 0 amide bonds. The average molecular weight is 256 g/mol. The van der Waals surface area contributed by atoms with Gasteiger partial charge in [0.25, 0.3) is 0 Å². The zero-order chi connectivity index (χ0) is 13.6. The van der Waals surface area contributed by atoms with Crippen LogP contribution < -0.4 is 11.1 Å². The van der Waals surface area contributed by atoms with Crippen LogP contribution in [0.3, 0.4) is 0 Å². The molecule has 0 aliphatic carbocycles. The number of nitrogens with two attached hydrogens (primary N) is 1. The molecule has 5 heteroatoms. The third-order valence-electron chi connectivity index (χ3n) is 3.55. The summed E-state index contributed by atoms with van der Waals surface area (Å²) in [6, 6.07) is 3.89. The fraction of sp³-hybridized carbons (Fsp3) is 0.286. The lowest BCUT2D eigenvalue weighted by atomic mass is 10.1. The number of rotatable bonds is 3. The van der Waals surface area contributed by atoms with E-state index in [2.05, 4.69) is 16.9 Å². The number of anilines is 2. The molecule has 0 radical (unpaired) electrons. The number of nitrogen functional groups attached to an aromatic ring is 1. The fourth-order valence-electron chi connectivity index (χ4n) is 2.66. The molecule has 3 N–H and O–H groups in total. The molecule has 3 rings (SSSR count). The van der Waals surface area contributed by atoms with Crippen molar-refractivity contribution in [1.29, 1.82) is 0 Å². The molecular weight excluding hydrogens is 240 g/mol. The monoisotopic (exact) mass is 256 g/mol. The van der Waals surface area contributed by atoms with E-state index in [1.54, 1.807) is 13.0 Å². The summed E-state index contributed by atoms with van der Waals surface area (Å²) >= 11 is 0. The van der Waals surface area contributed by atoms with Gasteiger partial charge in [0.05, 0.1) is 22.8 Å². The van der Waals surface area contributed by atoms with Crippen LogP contribution in [-0.4, -0.2) is 21.9 Å². The van der Waals surface area contributed by atoms with Crippen molar-refractivity contribution >= 4 is 28.5 Å². The van der Waals surface area contributed by atoms with Gasteiger partial charge in [0.15, 0.2) is 5.78 Å². The lowest BCUT2D eigenvalue weighted by Crippen LogP contribution is -2.24. The number of nitrogens with zero attached hydrogens (tertiary/aromatic N) is 2. The molecule has 5 nitrogen and oxygen atoms in total. The number of ketones is 1. The van der Waals surface area contributed by atoms with Crippen molar-refractivity contribution in [3.8, 4) is 0 Å². The number of carbonyl (C=O) groups excluding carboxylic acids is 1. The Morgan fingerprint density at radius 3 is 3.16 bits per heavy atom. The molecule has 1 aromatic heterocycles. The second kappa shape index (κ2) is 4.12. The van der Waals surface area contributed by atoms with Crippen LogP contribution in [0.5, 0.6) is 0 Å². The van der Waals surface area contributed by atoms with E-state index < -0.39 is 0 Å². The summed E-state index contributed by atoms with van der Waals surface area (Å²) in [5, 5.41) is 3.35. The summed E-state index contributed by atoms with van der Waals surface area (Å²) in [6.07, 6.45) is 2.71. The van der Waals surface area contributed by atoms with Crippen molar-refractivity contribution in [3.63, 3.8) is 0 Å². The predicted molar refractivity (Wildman–Crippen MR) is 76.5 cm³/mol. The maximum absolute atomic E-state index is 11.5. The predicted octanol–water partition coefficient (Wildman–Crippen LogP) is 2.36. The standard InChI is InChI=1S/C14H16N4O/c1-3-4-10-7-16-11-5-9(8(2)19)6-12-13(11)18(10)14(15)17-12/h3,5-6,10,16H,1,4,7H2,2H3,(H2,15,17)/t10-/m0/s1. The van der Waals surface area contributed by atoms with Gasteiger partial charge in [-0.2, -0.15) is 0 Å². The Morgan fingerprint density at radius 2 is 2.47 bits per heavy atom. The lowest BCUT2D eigenvalue weighted by molar-refractivity contribution is 0.101. The van der Waals surface area contributed by atoms with Crippen LogP contribution in [0, 0.1) is 0 Å². The van der Waals surface area contributed by atoms with E-state index >= 15 is 0 Å². The molecule has 1 aliphatic heterocycles. The second-order valence-corrected chi connectivity index (χ2v) is 4.85. The second-order valence-electron chi connectivity index (χ2n) is 4.85. The van der Waals surface area contributed by atoms with Gasteiger partial charge in [0.2, 0.25) is 5.95 Å². The number of aromatic nitrogens is 2. The average Bonchev–Trinajstić information content (AvgIpc) is 2.71. The van der Waals surface area contributed by atoms with Crippen LogP contribution >= 0.6 is 0 Å². The summed E-state index contributed by atoms with van der Waals surface area (Å²) in [4.78, 5) is 15.9. The minimum Gasteiger partial charge on any atom is -0.381 e. The topological polar surface area (TPSA) is 72.9 Å². The Kier molecular flexibility index (Phi) is 2.55. The molecule has 2 aromatic rings. The minimum atomic E-state index is 0.0290. The number of imidazole rings is 1. The van der Waals surface area contributed by atoms with Crippen molar-refractivity contribution in [2.24, 2.45) is 0 Å². The highest BCUT2D eigenvalue weighted by molar-refractivity contribution is 6.02. The van der Waals surface area contributed by atoms with E-state index in [1.165, 1.54) is 0 Å². The van der Waals surface area contributed by atoms with Gasteiger partial charge < -0.3 is 15.6 Å². The summed E-state index contributed by atoms with van der Waals surface area (Å²) in [5.41, 5.74) is 9.33. The summed E-state index contributed by atoms with van der Waals surface area (Å²) < 4.78 is 2.03. The number of carbonyl (C=O) groups is 1. The third-order valence-corrected chi connectivity index (χ3v) is 3.55. The van der Waals surface area contributed by atoms with Crippen molar-refractivity contribution in [2.45, 2.75) is 19.4 Å². The normalized spacial score (nSPS) is 17.2. The number of Topliss-reactive ketones (excluding diaryl/α,β-unsaturated/α-hetero) is 1. The van der Waals surface area contributed by atoms with Gasteiger partial charge in [-0.1, -0.05) is 6.08 Å². The molecule has 0 spiro atoms. The van der Waals surface area contributed by atoms with E-state index in [4.69, 9.17) is 5.73 Å². The van der Waals surface area contributed by atoms with E-state index in [0.717, 1.165) is 29.7 Å². The Balaban J connectivity index is 2.27. The van der Waals surface area contributed by atoms with E-state index in [-0.39, 0.29) is 11.8 Å². The Bertz CT molecular complexity index is 686. The van der Waals surface area contributed by atoms with Crippen LogP contribution in [0.1, 0.15) is 29.7 Å². The smallest absolute Gasteiger partial charge is 0.201 e.